The van der Waals surface area contributed by atoms with Gasteiger partial charge in [-0.3, -0.25) is 9.69 Å². The molecule has 1 saturated heterocycles. The van der Waals surface area contributed by atoms with Crippen LogP contribution in [0.4, 0.5) is 5.69 Å². The average Bonchev–Trinajstić information content (AvgIpc) is 3.43. The number of hydrogen-bond acceptors (Lipinski definition) is 5. The number of amides is 1. The van der Waals surface area contributed by atoms with Gasteiger partial charge in [0, 0.05) is 42.3 Å². The molecule has 1 aliphatic heterocycles. The van der Waals surface area contributed by atoms with Gasteiger partial charge in [0.15, 0.2) is 0 Å². The summed E-state index contributed by atoms with van der Waals surface area (Å²) in [5.74, 6) is 0.383. The Hall–Kier alpha value is -3.45. The van der Waals surface area contributed by atoms with Crippen LogP contribution in [0.2, 0.25) is 0 Å². The van der Waals surface area contributed by atoms with Gasteiger partial charge in [-0.1, -0.05) is 29.8 Å². The monoisotopic (exact) mass is 429 g/mol. The lowest BCUT2D eigenvalue weighted by Gasteiger charge is -2.30. The van der Waals surface area contributed by atoms with Crippen LogP contribution in [-0.2, 0) is 13.6 Å². The molecule has 5 rings (SSSR count). The van der Waals surface area contributed by atoms with Crippen molar-refractivity contribution in [3.63, 3.8) is 0 Å². The van der Waals surface area contributed by atoms with E-state index in [1.807, 2.05) is 42.1 Å². The number of rotatable bonds is 5. The van der Waals surface area contributed by atoms with Crippen molar-refractivity contribution in [2.24, 2.45) is 7.05 Å². The number of benzene rings is 2. The quantitative estimate of drug-likeness (QED) is 0.505. The zero-order chi connectivity index (χ0) is 22.1. The molecule has 0 bridgehead atoms. The normalized spacial score (nSPS) is 15.3. The fourth-order valence-electron chi connectivity index (χ4n) is 4.32. The summed E-state index contributed by atoms with van der Waals surface area (Å²) >= 11 is 0. The van der Waals surface area contributed by atoms with Gasteiger partial charge in [-0.15, -0.1) is 10.2 Å². The predicted molar refractivity (Wildman–Crippen MR) is 124 cm³/mol. The molecule has 1 amide bonds. The van der Waals surface area contributed by atoms with E-state index in [9.17, 15) is 4.79 Å². The predicted octanol–water partition coefficient (Wildman–Crippen LogP) is 4.50. The van der Waals surface area contributed by atoms with E-state index in [1.165, 1.54) is 11.1 Å². The van der Waals surface area contributed by atoms with Crippen molar-refractivity contribution in [3.8, 4) is 0 Å². The van der Waals surface area contributed by atoms with E-state index in [4.69, 9.17) is 4.42 Å². The molecule has 164 valence electrons. The van der Waals surface area contributed by atoms with Gasteiger partial charge >= 0.3 is 11.8 Å². The Kier molecular flexibility index (Phi) is 5.49. The Morgan fingerprint density at radius 2 is 1.88 bits per heavy atom. The standard InChI is InChI=1S/C25H27N5O2/c1-17-3-5-18(6-4-17)16-30-13-10-19(11-14-30)24-27-28-25(32-24)23(31)26-21-7-8-22-20(15-21)9-12-29(22)2/h3-9,12,15,19H,10-11,13-14,16H2,1-2H3,(H,26,31). The average molecular weight is 430 g/mol. The molecule has 0 spiro atoms. The van der Waals surface area contributed by atoms with E-state index in [-0.39, 0.29) is 17.7 Å². The summed E-state index contributed by atoms with van der Waals surface area (Å²) in [6.45, 7) is 5.01. The number of aromatic nitrogens is 3. The van der Waals surface area contributed by atoms with Crippen molar-refractivity contribution in [2.75, 3.05) is 18.4 Å². The summed E-state index contributed by atoms with van der Waals surface area (Å²) in [6, 6.07) is 16.5. The maximum Gasteiger partial charge on any atom is 0.313 e. The van der Waals surface area contributed by atoms with Gasteiger partial charge in [0.25, 0.3) is 0 Å². The third kappa shape index (κ3) is 4.29. The Morgan fingerprint density at radius 3 is 2.66 bits per heavy atom. The van der Waals surface area contributed by atoms with Gasteiger partial charge in [-0.05, 0) is 62.7 Å². The van der Waals surface area contributed by atoms with Crippen LogP contribution in [0.1, 0.15) is 46.5 Å². The van der Waals surface area contributed by atoms with Gasteiger partial charge in [0.2, 0.25) is 5.89 Å². The Labute approximate surface area is 187 Å². The molecule has 1 N–H and O–H groups in total. The highest BCUT2D eigenvalue weighted by Gasteiger charge is 2.26. The maximum atomic E-state index is 12.6. The second kappa shape index (κ2) is 8.59. The van der Waals surface area contributed by atoms with E-state index in [1.54, 1.807) is 0 Å². The van der Waals surface area contributed by atoms with Gasteiger partial charge in [0.1, 0.15) is 0 Å². The van der Waals surface area contributed by atoms with E-state index < -0.39 is 0 Å². The largest absolute Gasteiger partial charge is 0.417 e. The number of anilines is 1. The molecule has 1 fully saturated rings. The lowest BCUT2D eigenvalue weighted by atomic mass is 9.96. The number of likely N-dealkylation sites (tertiary alicyclic amines) is 1. The van der Waals surface area contributed by atoms with E-state index >= 15 is 0 Å². The smallest absolute Gasteiger partial charge is 0.313 e. The first-order chi connectivity index (χ1) is 15.5. The molecule has 0 aliphatic carbocycles. The van der Waals surface area contributed by atoms with Crippen molar-refractivity contribution >= 4 is 22.5 Å². The first-order valence-corrected chi connectivity index (χ1v) is 11.0. The molecule has 4 aromatic rings. The molecule has 0 saturated carbocycles. The second-order valence-electron chi connectivity index (χ2n) is 8.64. The molecule has 2 aromatic carbocycles. The van der Waals surface area contributed by atoms with Crippen LogP contribution in [0, 0.1) is 6.92 Å². The Balaban J connectivity index is 1.18. The molecular formula is C25H27N5O2. The van der Waals surface area contributed by atoms with Crippen molar-refractivity contribution in [2.45, 2.75) is 32.2 Å². The van der Waals surface area contributed by atoms with E-state index in [2.05, 4.69) is 51.6 Å². The highest BCUT2D eigenvalue weighted by molar-refractivity contribution is 6.02. The van der Waals surface area contributed by atoms with Crippen LogP contribution >= 0.6 is 0 Å². The van der Waals surface area contributed by atoms with Crippen LogP contribution in [0.25, 0.3) is 10.9 Å². The minimum Gasteiger partial charge on any atom is -0.417 e. The molecule has 7 heteroatoms. The Morgan fingerprint density at radius 1 is 1.09 bits per heavy atom. The van der Waals surface area contributed by atoms with Crippen molar-refractivity contribution < 1.29 is 9.21 Å². The summed E-state index contributed by atoms with van der Waals surface area (Å²) < 4.78 is 7.80. The fraction of sp³-hybridized carbons (Fsp3) is 0.320. The molecular weight excluding hydrogens is 402 g/mol. The van der Waals surface area contributed by atoms with Crippen LogP contribution in [0.15, 0.2) is 59.1 Å². The minimum absolute atomic E-state index is 0.00948. The lowest BCUT2D eigenvalue weighted by Crippen LogP contribution is -2.32. The number of fused-ring (bicyclic) bond motifs is 1. The molecule has 0 unspecified atom stereocenters. The number of nitrogens with zero attached hydrogens (tertiary/aromatic N) is 4. The number of nitrogens with one attached hydrogen (secondary N) is 1. The first kappa shape index (κ1) is 20.5. The fourth-order valence-corrected chi connectivity index (χ4v) is 4.32. The molecule has 32 heavy (non-hydrogen) atoms. The van der Waals surface area contributed by atoms with Crippen molar-refractivity contribution in [3.05, 3.63) is 77.6 Å². The first-order valence-electron chi connectivity index (χ1n) is 11.0. The minimum atomic E-state index is -0.379. The van der Waals surface area contributed by atoms with Crippen molar-refractivity contribution in [1.82, 2.24) is 19.7 Å². The zero-order valence-corrected chi connectivity index (χ0v) is 18.4. The number of piperidine rings is 1. The second-order valence-corrected chi connectivity index (χ2v) is 8.64. The van der Waals surface area contributed by atoms with Gasteiger partial charge < -0.3 is 14.3 Å². The number of aryl methyl sites for hydroxylation is 2. The molecule has 2 aromatic heterocycles. The topological polar surface area (TPSA) is 76.2 Å². The SMILES string of the molecule is Cc1ccc(CN2CCC(c3nnc(C(=O)Nc4ccc5c(ccn5C)c4)o3)CC2)cc1. The summed E-state index contributed by atoms with van der Waals surface area (Å²) in [4.78, 5) is 15.1. The summed E-state index contributed by atoms with van der Waals surface area (Å²) in [5.41, 5.74) is 4.43. The van der Waals surface area contributed by atoms with Crippen LogP contribution < -0.4 is 5.32 Å². The summed E-state index contributed by atoms with van der Waals surface area (Å²) in [5, 5.41) is 12.1. The lowest BCUT2D eigenvalue weighted by molar-refractivity contribution is 0.0986. The van der Waals surface area contributed by atoms with E-state index in [0.29, 0.717) is 11.6 Å². The molecule has 1 aliphatic rings. The van der Waals surface area contributed by atoms with Gasteiger partial charge in [0.05, 0.1) is 0 Å². The third-order valence-electron chi connectivity index (χ3n) is 6.24. The molecule has 3 heterocycles. The van der Waals surface area contributed by atoms with Crippen LogP contribution in [-0.4, -0.2) is 38.7 Å². The third-order valence-corrected chi connectivity index (χ3v) is 6.24. The maximum absolute atomic E-state index is 12.6. The molecule has 0 atom stereocenters. The number of carbonyl (C=O) groups excluding carboxylic acids is 1. The molecule has 0 radical (unpaired) electrons. The summed E-state index contributed by atoms with van der Waals surface area (Å²) in [7, 11) is 1.99. The highest BCUT2D eigenvalue weighted by Crippen LogP contribution is 2.28. The highest BCUT2D eigenvalue weighted by atomic mass is 16.4. The number of hydrogen-bond donors (Lipinski definition) is 1. The van der Waals surface area contributed by atoms with Gasteiger partial charge in [-0.2, -0.15) is 0 Å². The number of carbonyl (C=O) groups is 1. The zero-order valence-electron chi connectivity index (χ0n) is 18.4. The van der Waals surface area contributed by atoms with Crippen molar-refractivity contribution in [1.29, 1.82) is 0 Å². The van der Waals surface area contributed by atoms with Crippen LogP contribution in [0.3, 0.4) is 0 Å². The van der Waals surface area contributed by atoms with E-state index in [0.717, 1.165) is 43.4 Å². The van der Waals surface area contributed by atoms with Crippen LogP contribution in [0.5, 0.6) is 0 Å². The molecule has 7 nitrogen and oxygen atoms in total. The summed E-state index contributed by atoms with van der Waals surface area (Å²) in [6.07, 6.45) is 3.88. The Bertz CT molecular complexity index is 1230. The van der Waals surface area contributed by atoms with Gasteiger partial charge in [-0.25, -0.2) is 0 Å².